The van der Waals surface area contributed by atoms with Crippen LogP contribution < -0.4 is 5.32 Å². The lowest BCUT2D eigenvalue weighted by Gasteiger charge is -2.37. The van der Waals surface area contributed by atoms with Gasteiger partial charge in [-0.1, -0.05) is 6.92 Å². The average Bonchev–Trinajstić information content (AvgIpc) is 2.23. The van der Waals surface area contributed by atoms with Crippen molar-refractivity contribution in [3.05, 3.63) is 0 Å². The van der Waals surface area contributed by atoms with Gasteiger partial charge in [0.2, 0.25) is 5.91 Å². The van der Waals surface area contributed by atoms with Gasteiger partial charge in [-0.15, -0.1) is 0 Å². The molecule has 2 rings (SSSR count). The number of carbonyl (C=O) groups is 1. The van der Waals surface area contributed by atoms with Gasteiger partial charge in [0.1, 0.15) is 0 Å². The van der Waals surface area contributed by atoms with Gasteiger partial charge in [0.05, 0.1) is 0 Å². The van der Waals surface area contributed by atoms with Gasteiger partial charge in [-0.25, -0.2) is 0 Å². The van der Waals surface area contributed by atoms with Crippen molar-refractivity contribution in [3.63, 3.8) is 0 Å². The second-order valence-corrected chi connectivity index (χ2v) is 5.33. The zero-order chi connectivity index (χ0) is 10.8. The minimum absolute atomic E-state index is 0.294. The van der Waals surface area contributed by atoms with E-state index >= 15 is 0 Å². The molecule has 0 radical (unpaired) electrons. The molecule has 15 heavy (non-hydrogen) atoms. The molecule has 2 heterocycles. The molecule has 2 atom stereocenters. The summed E-state index contributed by atoms with van der Waals surface area (Å²) < 4.78 is 0. The van der Waals surface area contributed by atoms with Crippen molar-refractivity contribution in [2.45, 2.75) is 26.2 Å². The maximum Gasteiger partial charge on any atom is 0.223 e. The summed E-state index contributed by atoms with van der Waals surface area (Å²) >= 11 is 0. The molecule has 1 N–H and O–H groups in total. The first-order valence-corrected chi connectivity index (χ1v) is 6.13. The van der Waals surface area contributed by atoms with Crippen LogP contribution in [0.4, 0.5) is 0 Å². The number of carbonyl (C=O) groups excluding carboxylic acids is 1. The highest BCUT2D eigenvalue weighted by atomic mass is 16.1. The molecular weight excluding hydrogens is 188 g/mol. The molecule has 1 amide bonds. The number of amides is 1. The summed E-state index contributed by atoms with van der Waals surface area (Å²) in [5.41, 5.74) is 0. The number of likely N-dealkylation sites (tertiary alicyclic amines) is 1. The lowest BCUT2D eigenvalue weighted by molar-refractivity contribution is -0.130. The molecule has 2 aliphatic heterocycles. The highest BCUT2D eigenvalue weighted by Gasteiger charge is 2.34. The van der Waals surface area contributed by atoms with Gasteiger partial charge in [0, 0.05) is 12.5 Å². The third-order valence-electron chi connectivity index (χ3n) is 3.95. The topological polar surface area (TPSA) is 32.3 Å². The molecule has 2 aliphatic rings. The van der Waals surface area contributed by atoms with Crippen LogP contribution in [0.5, 0.6) is 0 Å². The number of hydrogen-bond acceptors (Lipinski definition) is 2. The van der Waals surface area contributed by atoms with E-state index in [2.05, 4.69) is 24.2 Å². The molecule has 0 aliphatic carbocycles. The van der Waals surface area contributed by atoms with Crippen molar-refractivity contribution < 1.29 is 4.79 Å². The van der Waals surface area contributed by atoms with Crippen LogP contribution >= 0.6 is 0 Å². The van der Waals surface area contributed by atoms with Gasteiger partial charge >= 0.3 is 0 Å². The second-order valence-electron chi connectivity index (χ2n) is 5.33. The van der Waals surface area contributed by atoms with Crippen LogP contribution in [0.1, 0.15) is 26.2 Å². The molecule has 3 heteroatoms. The highest BCUT2D eigenvalue weighted by Crippen LogP contribution is 2.31. The number of rotatable bonds is 1. The minimum atomic E-state index is 0.294. The molecule has 3 nitrogen and oxygen atoms in total. The fourth-order valence-corrected chi connectivity index (χ4v) is 2.87. The number of piperidine rings is 2. The van der Waals surface area contributed by atoms with Crippen molar-refractivity contribution in [3.8, 4) is 0 Å². The van der Waals surface area contributed by atoms with Gasteiger partial charge in [0.25, 0.3) is 0 Å². The molecule has 0 aromatic heterocycles. The quantitative estimate of drug-likeness (QED) is 0.703. The molecule has 0 spiro atoms. The predicted molar refractivity (Wildman–Crippen MR) is 60.5 cm³/mol. The summed E-state index contributed by atoms with van der Waals surface area (Å²) in [6.07, 6.45) is 3.49. The van der Waals surface area contributed by atoms with Crippen LogP contribution in [0.15, 0.2) is 0 Å². The predicted octanol–water partition coefficient (Wildman–Crippen LogP) is 1.10. The smallest absolute Gasteiger partial charge is 0.223 e. The second kappa shape index (κ2) is 4.52. The van der Waals surface area contributed by atoms with Crippen molar-refractivity contribution in [1.82, 2.24) is 10.2 Å². The Morgan fingerprint density at radius 1 is 1.33 bits per heavy atom. The molecule has 2 fully saturated rings. The summed E-state index contributed by atoms with van der Waals surface area (Å²) in [4.78, 5) is 14.2. The standard InChI is InChI=1S/C12H22N2O/c1-9-7-11(12(15)13-8-9)10-3-5-14(2)6-4-10/h9-11H,3-8H2,1-2H3,(H,13,15). The van der Waals surface area contributed by atoms with Crippen molar-refractivity contribution in [2.24, 2.45) is 17.8 Å². The summed E-state index contributed by atoms with van der Waals surface area (Å²) in [7, 11) is 2.17. The van der Waals surface area contributed by atoms with Gasteiger partial charge < -0.3 is 10.2 Å². The normalized spacial score (nSPS) is 35.2. The van der Waals surface area contributed by atoms with Crippen molar-refractivity contribution in [1.29, 1.82) is 0 Å². The third kappa shape index (κ3) is 2.51. The van der Waals surface area contributed by atoms with Crippen molar-refractivity contribution in [2.75, 3.05) is 26.7 Å². The van der Waals surface area contributed by atoms with Gasteiger partial charge in [-0.3, -0.25) is 4.79 Å². The van der Waals surface area contributed by atoms with Gasteiger partial charge in [0.15, 0.2) is 0 Å². The zero-order valence-corrected chi connectivity index (χ0v) is 9.83. The molecule has 0 saturated carbocycles. The Kier molecular flexibility index (Phi) is 3.29. The van der Waals surface area contributed by atoms with E-state index in [9.17, 15) is 4.79 Å². The van der Waals surface area contributed by atoms with E-state index in [0.29, 0.717) is 23.7 Å². The number of hydrogen-bond donors (Lipinski definition) is 1. The molecule has 2 unspecified atom stereocenters. The third-order valence-corrected chi connectivity index (χ3v) is 3.95. The first-order chi connectivity index (χ1) is 7.16. The Hall–Kier alpha value is -0.570. The van der Waals surface area contributed by atoms with E-state index in [1.54, 1.807) is 0 Å². The number of nitrogens with zero attached hydrogens (tertiary/aromatic N) is 1. The fourth-order valence-electron chi connectivity index (χ4n) is 2.87. The lowest BCUT2D eigenvalue weighted by atomic mass is 9.77. The molecule has 0 aromatic carbocycles. The maximum atomic E-state index is 11.8. The van der Waals surface area contributed by atoms with Crippen LogP contribution in [0.25, 0.3) is 0 Å². The van der Waals surface area contributed by atoms with Crippen molar-refractivity contribution >= 4 is 5.91 Å². The van der Waals surface area contributed by atoms with E-state index in [1.165, 1.54) is 12.8 Å². The molecule has 86 valence electrons. The van der Waals surface area contributed by atoms with Gasteiger partial charge in [-0.2, -0.15) is 0 Å². The number of nitrogens with one attached hydrogen (secondary N) is 1. The van der Waals surface area contributed by atoms with Crippen LogP contribution in [-0.4, -0.2) is 37.5 Å². The first kappa shape index (κ1) is 10.9. The SMILES string of the molecule is CC1CNC(=O)C(C2CCN(C)CC2)C1. The summed E-state index contributed by atoms with van der Waals surface area (Å²) in [6.45, 7) is 5.43. The minimum Gasteiger partial charge on any atom is -0.356 e. The van der Waals surface area contributed by atoms with E-state index in [4.69, 9.17) is 0 Å². The maximum absolute atomic E-state index is 11.8. The van der Waals surface area contributed by atoms with Crippen LogP contribution in [0.2, 0.25) is 0 Å². The summed E-state index contributed by atoms with van der Waals surface area (Å²) in [5.74, 6) is 1.89. The van der Waals surface area contributed by atoms with Crippen LogP contribution in [0, 0.1) is 17.8 Å². The van der Waals surface area contributed by atoms with Crippen LogP contribution in [-0.2, 0) is 4.79 Å². The van der Waals surface area contributed by atoms with E-state index in [0.717, 1.165) is 26.1 Å². The molecule has 0 bridgehead atoms. The lowest BCUT2D eigenvalue weighted by Crippen LogP contribution is -2.46. The Bertz CT molecular complexity index is 234. The first-order valence-electron chi connectivity index (χ1n) is 6.13. The Morgan fingerprint density at radius 3 is 2.67 bits per heavy atom. The van der Waals surface area contributed by atoms with E-state index in [1.807, 2.05) is 0 Å². The van der Waals surface area contributed by atoms with Gasteiger partial charge in [-0.05, 0) is 51.2 Å². The molecule has 2 saturated heterocycles. The fraction of sp³-hybridized carbons (Fsp3) is 0.917. The Morgan fingerprint density at radius 2 is 2.00 bits per heavy atom. The zero-order valence-electron chi connectivity index (χ0n) is 9.83. The highest BCUT2D eigenvalue weighted by molar-refractivity contribution is 5.79. The largest absolute Gasteiger partial charge is 0.356 e. The monoisotopic (exact) mass is 210 g/mol. The van der Waals surface area contributed by atoms with Crippen LogP contribution in [0.3, 0.4) is 0 Å². The average molecular weight is 210 g/mol. The summed E-state index contributed by atoms with van der Waals surface area (Å²) in [6, 6.07) is 0. The Balaban J connectivity index is 1.93. The Labute approximate surface area is 92.2 Å². The molecule has 0 aromatic rings. The van der Waals surface area contributed by atoms with E-state index < -0.39 is 0 Å². The summed E-state index contributed by atoms with van der Waals surface area (Å²) in [5, 5.41) is 3.04. The molecular formula is C12H22N2O. The van der Waals surface area contributed by atoms with E-state index in [-0.39, 0.29) is 0 Å².